The van der Waals surface area contributed by atoms with Crippen LogP contribution >= 0.6 is 0 Å². The Morgan fingerprint density at radius 1 is 1.00 bits per heavy atom. The van der Waals surface area contributed by atoms with Crippen LogP contribution in [0.25, 0.3) is 0 Å². The molecule has 2 heteroatoms. The van der Waals surface area contributed by atoms with Crippen molar-refractivity contribution in [2.24, 2.45) is 0 Å². The van der Waals surface area contributed by atoms with Crippen LogP contribution in [0.5, 0.6) is 0 Å². The van der Waals surface area contributed by atoms with Crippen molar-refractivity contribution in [2.45, 2.75) is 0 Å². The summed E-state index contributed by atoms with van der Waals surface area (Å²) in [6.07, 6.45) is 3.75. The number of rotatable bonds is 0. The van der Waals surface area contributed by atoms with Gasteiger partial charge in [-0.25, -0.2) is 0 Å². The topological polar surface area (TPSA) is 15.8 Å². The summed E-state index contributed by atoms with van der Waals surface area (Å²) in [5, 5.41) is 0. The molecule has 0 aliphatic carbocycles. The summed E-state index contributed by atoms with van der Waals surface area (Å²) in [7, 11) is 0. The second kappa shape index (κ2) is 3.01. The third-order valence-corrected chi connectivity index (χ3v) is 0.496. The van der Waals surface area contributed by atoms with Crippen molar-refractivity contribution in [3.8, 4) is 0 Å². The largest absolute Gasteiger partial charge is 0.368 e. The van der Waals surface area contributed by atoms with Gasteiger partial charge in [0.15, 0.2) is 0 Å². The van der Waals surface area contributed by atoms with E-state index >= 15 is 0 Å². The van der Waals surface area contributed by atoms with E-state index in [1.54, 1.807) is 0 Å². The van der Waals surface area contributed by atoms with Gasteiger partial charge in [0.1, 0.15) is 0 Å². The fourth-order valence-corrected chi connectivity index (χ4v) is 0.278. The summed E-state index contributed by atoms with van der Waals surface area (Å²) >= 11 is 0. The van der Waals surface area contributed by atoms with E-state index in [0.717, 1.165) is 0 Å². The molecule has 1 aromatic heterocycles. The molecule has 6 heavy (non-hydrogen) atoms. The van der Waals surface area contributed by atoms with Gasteiger partial charge in [-0.2, -0.15) is 0 Å². The summed E-state index contributed by atoms with van der Waals surface area (Å²) in [5.74, 6) is 0. The Morgan fingerprint density at radius 3 is 1.67 bits per heavy atom. The minimum atomic E-state index is 0. The van der Waals surface area contributed by atoms with Gasteiger partial charge in [-0.1, -0.05) is 0 Å². The van der Waals surface area contributed by atoms with Crippen LogP contribution in [0, 0.1) is 0 Å². The smallest absolute Gasteiger partial charge is 0.000496 e. The SMILES string of the molecule is [SeH2].c1cc[nH]c1. The van der Waals surface area contributed by atoms with Crippen molar-refractivity contribution in [1.82, 2.24) is 4.98 Å². The molecule has 1 nitrogen and oxygen atoms in total. The summed E-state index contributed by atoms with van der Waals surface area (Å²) in [5.41, 5.74) is 0. The van der Waals surface area contributed by atoms with Gasteiger partial charge in [0.2, 0.25) is 0 Å². The molecule has 0 unspecified atom stereocenters. The number of aromatic nitrogens is 1. The molecule has 0 fully saturated rings. The Hall–Kier alpha value is -0.201. The van der Waals surface area contributed by atoms with E-state index in [1.165, 1.54) is 0 Å². The number of aromatic amines is 1. The Morgan fingerprint density at radius 2 is 1.50 bits per heavy atom. The quantitative estimate of drug-likeness (QED) is 0.502. The van der Waals surface area contributed by atoms with Crippen LogP contribution in [0.4, 0.5) is 0 Å². The molecule has 0 aliphatic rings. The molecule has 1 N–H and O–H groups in total. The van der Waals surface area contributed by atoms with Crippen LogP contribution in [0.3, 0.4) is 0 Å². The first-order valence-corrected chi connectivity index (χ1v) is 1.58. The van der Waals surface area contributed by atoms with Crippen LogP contribution in [0.1, 0.15) is 0 Å². The number of nitrogens with one attached hydrogen (secondary N) is 1. The number of H-pyrrole nitrogens is 1. The van der Waals surface area contributed by atoms with Crippen molar-refractivity contribution in [1.29, 1.82) is 0 Å². The second-order valence-corrected chi connectivity index (χ2v) is 0.885. The van der Waals surface area contributed by atoms with Gasteiger partial charge >= 0.3 is 17.1 Å². The zero-order chi connectivity index (χ0) is 3.54. The van der Waals surface area contributed by atoms with Crippen LogP contribution in [0.15, 0.2) is 24.5 Å². The molecule has 0 amide bonds. The van der Waals surface area contributed by atoms with Gasteiger partial charge in [-0.15, -0.1) is 0 Å². The predicted molar refractivity (Wildman–Crippen MR) is 29.3 cm³/mol. The van der Waals surface area contributed by atoms with Crippen LogP contribution in [-0.4, -0.2) is 22.1 Å². The van der Waals surface area contributed by atoms with Gasteiger partial charge in [0.05, 0.1) is 0 Å². The maximum Gasteiger partial charge on any atom is 0.000496 e. The van der Waals surface area contributed by atoms with Crippen LogP contribution < -0.4 is 0 Å². The van der Waals surface area contributed by atoms with Crippen molar-refractivity contribution in [3.63, 3.8) is 0 Å². The molecule has 1 rings (SSSR count). The van der Waals surface area contributed by atoms with Gasteiger partial charge in [-0.3, -0.25) is 0 Å². The Labute approximate surface area is 47.2 Å². The molecule has 1 aromatic rings. The van der Waals surface area contributed by atoms with Crippen molar-refractivity contribution >= 4 is 17.1 Å². The minimum Gasteiger partial charge on any atom is -0.368 e. The Balaban J connectivity index is 0.000000250. The van der Waals surface area contributed by atoms with E-state index in [4.69, 9.17) is 0 Å². The first-order valence-electron chi connectivity index (χ1n) is 1.58. The zero-order valence-electron chi connectivity index (χ0n) is 3.31. The van der Waals surface area contributed by atoms with E-state index in [-0.39, 0.29) is 17.1 Å². The van der Waals surface area contributed by atoms with E-state index in [1.807, 2.05) is 24.5 Å². The van der Waals surface area contributed by atoms with Crippen LogP contribution in [0.2, 0.25) is 0 Å². The van der Waals surface area contributed by atoms with Crippen molar-refractivity contribution in [3.05, 3.63) is 24.5 Å². The average Bonchev–Trinajstić information content (AvgIpc) is 1.76. The molecule has 0 radical (unpaired) electrons. The standard InChI is InChI=1S/C4H5N.H2Se/c1-2-4-5-3-1;/h1-5H;1H2. The Bertz CT molecular complexity index is 64.0. The zero-order valence-corrected chi connectivity index (χ0v) is 5.41. The number of hydrogen-bond donors (Lipinski definition) is 1. The van der Waals surface area contributed by atoms with Gasteiger partial charge in [0, 0.05) is 12.4 Å². The molecule has 0 atom stereocenters. The fraction of sp³-hybridized carbons (Fsp3) is 0. The normalized spacial score (nSPS) is 6.67. The summed E-state index contributed by atoms with van der Waals surface area (Å²) in [6.45, 7) is 0. The predicted octanol–water partition coefficient (Wildman–Crippen LogP) is 0.0985. The van der Waals surface area contributed by atoms with E-state index < -0.39 is 0 Å². The minimum absolute atomic E-state index is 0. The van der Waals surface area contributed by atoms with Gasteiger partial charge in [0.25, 0.3) is 0 Å². The molecule has 34 valence electrons. The molecular formula is C4H7NSe. The molecule has 0 saturated carbocycles. The monoisotopic (exact) mass is 149 g/mol. The van der Waals surface area contributed by atoms with Crippen molar-refractivity contribution in [2.75, 3.05) is 0 Å². The van der Waals surface area contributed by atoms with Gasteiger partial charge in [-0.05, 0) is 12.1 Å². The second-order valence-electron chi connectivity index (χ2n) is 0.885. The van der Waals surface area contributed by atoms with Crippen LogP contribution in [-0.2, 0) is 0 Å². The van der Waals surface area contributed by atoms with E-state index in [0.29, 0.717) is 0 Å². The third-order valence-electron chi connectivity index (χ3n) is 0.496. The molecule has 0 bridgehead atoms. The summed E-state index contributed by atoms with van der Waals surface area (Å²) in [6, 6.07) is 3.89. The molecule has 0 aliphatic heterocycles. The van der Waals surface area contributed by atoms with E-state index in [2.05, 4.69) is 4.98 Å². The molecular weight excluding hydrogens is 141 g/mol. The van der Waals surface area contributed by atoms with Crippen molar-refractivity contribution < 1.29 is 0 Å². The Kier molecular flexibility index (Phi) is 2.91. The summed E-state index contributed by atoms with van der Waals surface area (Å²) in [4.78, 5) is 2.86. The number of hydrogen-bond acceptors (Lipinski definition) is 0. The molecule has 0 saturated heterocycles. The molecule has 0 spiro atoms. The maximum absolute atomic E-state index is 2.86. The molecule has 0 aromatic carbocycles. The first kappa shape index (κ1) is 5.80. The third kappa shape index (κ3) is 1.29. The van der Waals surface area contributed by atoms with E-state index in [9.17, 15) is 0 Å². The maximum atomic E-state index is 2.86. The average molecular weight is 148 g/mol. The molecule has 1 heterocycles. The summed E-state index contributed by atoms with van der Waals surface area (Å²) < 4.78 is 0. The first-order chi connectivity index (χ1) is 2.50. The van der Waals surface area contributed by atoms with Gasteiger partial charge < -0.3 is 4.98 Å². The fourth-order valence-electron chi connectivity index (χ4n) is 0.278.